The monoisotopic (exact) mass is 174 g/mol. The van der Waals surface area contributed by atoms with E-state index in [1.165, 1.54) is 24.1 Å². The van der Waals surface area contributed by atoms with Gasteiger partial charge in [0.05, 0.1) is 0 Å². The maximum Gasteiger partial charge on any atom is 0.0463 e. The van der Waals surface area contributed by atoms with Gasteiger partial charge in [-0.1, -0.05) is 0 Å². The fourth-order valence-electron chi connectivity index (χ4n) is 1.71. The van der Waals surface area contributed by atoms with Crippen molar-refractivity contribution in [2.45, 2.75) is 26.2 Å². The van der Waals surface area contributed by atoms with Gasteiger partial charge in [0.2, 0.25) is 0 Å². The minimum Gasteiger partial charge on any atom is -0.289 e. The number of hydrogen-bond donors (Lipinski definition) is 0. The number of aromatic nitrogens is 1. The molecule has 2 heteroatoms. The van der Waals surface area contributed by atoms with Gasteiger partial charge in [-0.3, -0.25) is 9.98 Å². The summed E-state index contributed by atoms with van der Waals surface area (Å²) in [6.45, 7) is 3.04. The van der Waals surface area contributed by atoms with Crippen molar-refractivity contribution < 1.29 is 0 Å². The van der Waals surface area contributed by atoms with Crippen LogP contribution in [0.25, 0.3) is 0 Å². The summed E-state index contributed by atoms with van der Waals surface area (Å²) in [6.07, 6.45) is 5.46. The average molecular weight is 174 g/mol. The number of aryl methyl sites for hydroxylation is 1. The van der Waals surface area contributed by atoms with Crippen LogP contribution in [-0.2, 0) is 0 Å². The Morgan fingerprint density at radius 1 is 1.31 bits per heavy atom. The summed E-state index contributed by atoms with van der Waals surface area (Å²) in [6, 6.07) is 4.10. The molecule has 0 aliphatic carbocycles. The summed E-state index contributed by atoms with van der Waals surface area (Å²) < 4.78 is 0. The fourth-order valence-corrected chi connectivity index (χ4v) is 1.71. The molecule has 2 nitrogen and oxygen atoms in total. The molecule has 0 spiro atoms. The lowest BCUT2D eigenvalue weighted by Crippen LogP contribution is -2.09. The van der Waals surface area contributed by atoms with Crippen LogP contribution < -0.4 is 0 Å². The van der Waals surface area contributed by atoms with E-state index < -0.39 is 0 Å². The van der Waals surface area contributed by atoms with E-state index in [0.29, 0.717) is 0 Å². The van der Waals surface area contributed by atoms with Crippen LogP contribution in [0.5, 0.6) is 0 Å². The molecule has 2 rings (SSSR count). The Hall–Kier alpha value is -1.18. The molecule has 0 saturated heterocycles. The normalized spacial score (nSPS) is 16.8. The maximum absolute atomic E-state index is 4.54. The van der Waals surface area contributed by atoms with Crippen LogP contribution in [0.15, 0.2) is 23.3 Å². The van der Waals surface area contributed by atoms with Crippen molar-refractivity contribution in [1.82, 2.24) is 4.98 Å². The van der Waals surface area contributed by atoms with E-state index in [4.69, 9.17) is 0 Å². The highest BCUT2D eigenvalue weighted by atomic mass is 14.8. The van der Waals surface area contributed by atoms with Crippen molar-refractivity contribution >= 4 is 5.71 Å². The molecule has 2 heterocycles. The van der Waals surface area contributed by atoms with Gasteiger partial charge in [-0.25, -0.2) is 0 Å². The van der Waals surface area contributed by atoms with Gasteiger partial charge in [0.1, 0.15) is 0 Å². The topological polar surface area (TPSA) is 25.2 Å². The second-order valence-electron chi connectivity index (χ2n) is 3.42. The molecule has 0 radical (unpaired) electrons. The summed E-state index contributed by atoms with van der Waals surface area (Å²) in [5, 5.41) is 0. The van der Waals surface area contributed by atoms with E-state index in [-0.39, 0.29) is 0 Å². The number of aliphatic imine (C=N–C) groups is 1. The van der Waals surface area contributed by atoms with Gasteiger partial charge in [-0.2, -0.15) is 0 Å². The largest absolute Gasteiger partial charge is 0.289 e. The first-order chi connectivity index (χ1) is 6.38. The van der Waals surface area contributed by atoms with Crippen LogP contribution in [0, 0.1) is 6.92 Å². The average Bonchev–Trinajstić information content (AvgIpc) is 2.20. The van der Waals surface area contributed by atoms with Gasteiger partial charge in [0.15, 0.2) is 0 Å². The molecule has 0 N–H and O–H groups in total. The van der Waals surface area contributed by atoms with Crippen molar-refractivity contribution in [3.8, 4) is 0 Å². The molecule has 1 aromatic rings. The highest BCUT2D eigenvalue weighted by Gasteiger charge is 2.09. The molecule has 1 aromatic heterocycles. The van der Waals surface area contributed by atoms with Crippen LogP contribution in [0.1, 0.15) is 30.5 Å². The molecule has 0 unspecified atom stereocenters. The first-order valence-corrected chi connectivity index (χ1v) is 4.83. The lowest BCUT2D eigenvalue weighted by atomic mass is 10.0. The van der Waals surface area contributed by atoms with Crippen molar-refractivity contribution in [2.75, 3.05) is 6.54 Å². The lowest BCUT2D eigenvalue weighted by Gasteiger charge is -2.12. The number of pyridine rings is 1. The first-order valence-electron chi connectivity index (χ1n) is 4.83. The Kier molecular flexibility index (Phi) is 2.39. The van der Waals surface area contributed by atoms with E-state index in [9.17, 15) is 0 Å². The van der Waals surface area contributed by atoms with Gasteiger partial charge in [-0.15, -0.1) is 0 Å². The zero-order chi connectivity index (χ0) is 9.10. The zero-order valence-electron chi connectivity index (χ0n) is 7.95. The molecule has 0 fully saturated rings. The standard InChI is InChI=1S/C11H14N2/c1-9-10(5-4-8-12-9)11-6-2-3-7-13-11/h4-5,8H,2-3,6-7H2,1H3. The molecule has 13 heavy (non-hydrogen) atoms. The molecule has 0 bridgehead atoms. The Morgan fingerprint density at radius 3 is 2.92 bits per heavy atom. The number of hydrogen-bond acceptors (Lipinski definition) is 2. The van der Waals surface area contributed by atoms with Gasteiger partial charge in [0.25, 0.3) is 0 Å². The minimum absolute atomic E-state index is 0.990. The van der Waals surface area contributed by atoms with Gasteiger partial charge >= 0.3 is 0 Å². The summed E-state index contributed by atoms with van der Waals surface area (Å²) >= 11 is 0. The van der Waals surface area contributed by atoms with Gasteiger partial charge in [-0.05, 0) is 38.3 Å². The Morgan fingerprint density at radius 2 is 2.23 bits per heavy atom. The van der Waals surface area contributed by atoms with Crippen molar-refractivity contribution in [3.05, 3.63) is 29.6 Å². The SMILES string of the molecule is Cc1ncccc1C1=NCCCC1. The quantitative estimate of drug-likeness (QED) is 0.641. The van der Waals surface area contributed by atoms with Gasteiger partial charge in [0, 0.05) is 29.7 Å². The second kappa shape index (κ2) is 3.69. The van der Waals surface area contributed by atoms with Crippen LogP contribution in [0.3, 0.4) is 0 Å². The third kappa shape index (κ3) is 1.77. The number of nitrogens with zero attached hydrogens (tertiary/aromatic N) is 2. The molecule has 0 aromatic carbocycles. The lowest BCUT2D eigenvalue weighted by molar-refractivity contribution is 0.738. The predicted octanol–water partition coefficient (Wildman–Crippen LogP) is 2.36. The molecular formula is C11H14N2. The Labute approximate surface area is 78.7 Å². The van der Waals surface area contributed by atoms with E-state index in [2.05, 4.69) is 16.0 Å². The Bertz CT molecular complexity index is 329. The van der Waals surface area contributed by atoms with Crippen molar-refractivity contribution in [2.24, 2.45) is 4.99 Å². The molecule has 1 aliphatic rings. The van der Waals surface area contributed by atoms with E-state index in [1.807, 2.05) is 19.2 Å². The van der Waals surface area contributed by atoms with Crippen LogP contribution >= 0.6 is 0 Å². The van der Waals surface area contributed by atoms with Crippen LogP contribution in [0.2, 0.25) is 0 Å². The summed E-state index contributed by atoms with van der Waals surface area (Å²) in [4.78, 5) is 8.81. The molecule has 0 atom stereocenters. The van der Waals surface area contributed by atoms with Crippen molar-refractivity contribution in [1.29, 1.82) is 0 Å². The third-order valence-corrected chi connectivity index (χ3v) is 2.44. The van der Waals surface area contributed by atoms with E-state index in [0.717, 1.165) is 18.7 Å². The summed E-state index contributed by atoms with van der Waals surface area (Å²) in [5.74, 6) is 0. The molecule has 0 saturated carbocycles. The summed E-state index contributed by atoms with van der Waals surface area (Å²) in [5.41, 5.74) is 3.59. The fraction of sp³-hybridized carbons (Fsp3) is 0.455. The number of rotatable bonds is 1. The van der Waals surface area contributed by atoms with E-state index >= 15 is 0 Å². The first kappa shape index (κ1) is 8.42. The van der Waals surface area contributed by atoms with Gasteiger partial charge < -0.3 is 0 Å². The van der Waals surface area contributed by atoms with Crippen molar-refractivity contribution in [3.63, 3.8) is 0 Å². The summed E-state index contributed by atoms with van der Waals surface area (Å²) in [7, 11) is 0. The van der Waals surface area contributed by atoms with Crippen LogP contribution in [-0.4, -0.2) is 17.2 Å². The zero-order valence-corrected chi connectivity index (χ0v) is 7.95. The second-order valence-corrected chi connectivity index (χ2v) is 3.42. The third-order valence-electron chi connectivity index (χ3n) is 2.44. The smallest absolute Gasteiger partial charge is 0.0463 e. The highest BCUT2D eigenvalue weighted by molar-refractivity contribution is 6.01. The predicted molar refractivity (Wildman–Crippen MR) is 54.2 cm³/mol. The maximum atomic E-state index is 4.54. The van der Waals surface area contributed by atoms with Crippen LogP contribution in [0.4, 0.5) is 0 Å². The molecule has 0 amide bonds. The molecular weight excluding hydrogens is 160 g/mol. The highest BCUT2D eigenvalue weighted by Crippen LogP contribution is 2.14. The minimum atomic E-state index is 0.990. The molecule has 68 valence electrons. The Balaban J connectivity index is 2.34. The molecule has 1 aliphatic heterocycles. The van der Waals surface area contributed by atoms with E-state index in [1.54, 1.807) is 0 Å².